The molecule has 2 aromatic carbocycles. The molecule has 8 heteroatoms. The van der Waals surface area contributed by atoms with Gasteiger partial charge in [-0.1, -0.05) is 23.7 Å². The van der Waals surface area contributed by atoms with Crippen LogP contribution in [0.3, 0.4) is 0 Å². The molecule has 0 atom stereocenters. The van der Waals surface area contributed by atoms with Crippen LogP contribution in [-0.4, -0.2) is 33.6 Å². The summed E-state index contributed by atoms with van der Waals surface area (Å²) in [6.45, 7) is 2.16. The molecule has 0 bridgehead atoms. The van der Waals surface area contributed by atoms with Crippen molar-refractivity contribution in [3.63, 3.8) is 0 Å². The summed E-state index contributed by atoms with van der Waals surface area (Å²) in [5.74, 6) is -1.89. The Hall–Kier alpha value is -2.64. The molecule has 1 amide bonds. The number of carboxylic acids is 1. The number of carbonyl (C=O) groups is 2. The number of carboxylic acid groups (broad SMARTS) is 1. The van der Waals surface area contributed by atoms with Gasteiger partial charge in [-0.15, -0.1) is 0 Å². The molecule has 0 unspecified atom stereocenters. The van der Waals surface area contributed by atoms with E-state index in [0.29, 0.717) is 17.4 Å². The molecule has 1 aliphatic heterocycles. The van der Waals surface area contributed by atoms with Crippen molar-refractivity contribution in [3.05, 3.63) is 69.3 Å². The highest BCUT2D eigenvalue weighted by Crippen LogP contribution is 2.35. The molecule has 0 saturated carbocycles. The highest BCUT2D eigenvalue weighted by Gasteiger charge is 2.32. The highest BCUT2D eigenvalue weighted by molar-refractivity contribution is 8.18. The SMILES string of the molecule is CCN1C(=O)/C(=C/c2c(F)cccc2Cl)SC1=Nc1cccc(C(=O)O)c1. The van der Waals surface area contributed by atoms with E-state index in [1.54, 1.807) is 25.1 Å². The number of thioether (sulfide) groups is 1. The van der Waals surface area contributed by atoms with Gasteiger partial charge in [-0.25, -0.2) is 14.2 Å². The summed E-state index contributed by atoms with van der Waals surface area (Å²) in [6, 6.07) is 10.4. The number of rotatable bonds is 4. The molecular formula is C19H14ClFN2O3S. The summed E-state index contributed by atoms with van der Waals surface area (Å²) in [6.07, 6.45) is 1.41. The Morgan fingerprint density at radius 1 is 1.33 bits per heavy atom. The van der Waals surface area contributed by atoms with Crippen LogP contribution in [0.15, 0.2) is 52.4 Å². The number of aromatic carboxylic acids is 1. The molecule has 0 aromatic heterocycles. The van der Waals surface area contributed by atoms with E-state index in [9.17, 15) is 14.0 Å². The van der Waals surface area contributed by atoms with E-state index in [-0.39, 0.29) is 27.0 Å². The number of amidine groups is 1. The van der Waals surface area contributed by atoms with E-state index >= 15 is 0 Å². The second-order valence-corrected chi connectivity index (χ2v) is 6.96. The van der Waals surface area contributed by atoms with Gasteiger partial charge >= 0.3 is 5.97 Å². The predicted octanol–water partition coefficient (Wildman–Crippen LogP) is 4.80. The first-order valence-corrected chi connectivity index (χ1v) is 9.17. The molecule has 0 radical (unpaired) electrons. The van der Waals surface area contributed by atoms with E-state index in [4.69, 9.17) is 16.7 Å². The van der Waals surface area contributed by atoms with Gasteiger partial charge in [-0.2, -0.15) is 0 Å². The van der Waals surface area contributed by atoms with Crippen LogP contribution in [0.1, 0.15) is 22.8 Å². The first-order chi connectivity index (χ1) is 12.9. The Kier molecular flexibility index (Phi) is 5.62. The maximum atomic E-state index is 14.0. The largest absolute Gasteiger partial charge is 0.478 e. The minimum atomic E-state index is -1.06. The van der Waals surface area contributed by atoms with Gasteiger partial charge in [0.2, 0.25) is 0 Å². The van der Waals surface area contributed by atoms with Crippen molar-refractivity contribution < 1.29 is 19.1 Å². The van der Waals surface area contributed by atoms with Crippen LogP contribution in [0.5, 0.6) is 0 Å². The summed E-state index contributed by atoms with van der Waals surface area (Å²) in [5, 5.41) is 9.69. The number of aliphatic imine (C=N–C) groups is 1. The Bertz CT molecular complexity index is 970. The van der Waals surface area contributed by atoms with E-state index in [0.717, 1.165) is 11.8 Å². The van der Waals surface area contributed by atoms with Crippen LogP contribution in [0.2, 0.25) is 5.02 Å². The molecule has 3 rings (SSSR count). The first-order valence-electron chi connectivity index (χ1n) is 7.98. The van der Waals surface area contributed by atoms with E-state index in [1.807, 2.05) is 0 Å². The van der Waals surface area contributed by atoms with Gasteiger partial charge in [-0.05, 0) is 55.1 Å². The quantitative estimate of drug-likeness (QED) is 0.743. The summed E-state index contributed by atoms with van der Waals surface area (Å²) in [5.41, 5.74) is 0.650. The minimum absolute atomic E-state index is 0.100. The standard InChI is InChI=1S/C19H14ClFN2O3S/c1-2-23-17(24)16(10-13-14(20)7-4-8-15(13)21)27-19(23)22-12-6-3-5-11(9-12)18(25)26/h3-10H,2H2,1H3,(H,25,26)/b16-10-,22-19?. The van der Waals surface area contributed by atoms with E-state index in [1.165, 1.54) is 35.2 Å². The van der Waals surface area contributed by atoms with Crippen molar-refractivity contribution in [1.29, 1.82) is 0 Å². The third-order valence-electron chi connectivity index (χ3n) is 3.80. The normalized spacial score (nSPS) is 17.1. The summed E-state index contributed by atoms with van der Waals surface area (Å²) >= 11 is 7.12. The maximum Gasteiger partial charge on any atom is 0.335 e. The summed E-state index contributed by atoms with van der Waals surface area (Å²) < 4.78 is 14.0. The van der Waals surface area contributed by atoms with Gasteiger partial charge in [-0.3, -0.25) is 9.69 Å². The van der Waals surface area contributed by atoms with Crippen molar-refractivity contribution in [1.82, 2.24) is 4.90 Å². The minimum Gasteiger partial charge on any atom is -0.478 e. The number of hydrogen-bond acceptors (Lipinski definition) is 4. The van der Waals surface area contributed by atoms with Gasteiger partial charge in [0.05, 0.1) is 21.2 Å². The van der Waals surface area contributed by atoms with Crippen molar-refractivity contribution in [2.24, 2.45) is 4.99 Å². The lowest BCUT2D eigenvalue weighted by Crippen LogP contribution is -2.28. The fourth-order valence-corrected chi connectivity index (χ4v) is 3.73. The van der Waals surface area contributed by atoms with Crippen molar-refractivity contribution >= 4 is 52.2 Å². The highest BCUT2D eigenvalue weighted by atomic mass is 35.5. The molecule has 2 aromatic rings. The molecule has 1 fully saturated rings. The zero-order valence-corrected chi connectivity index (χ0v) is 15.7. The third-order valence-corrected chi connectivity index (χ3v) is 5.13. The van der Waals surface area contributed by atoms with Crippen LogP contribution in [0.25, 0.3) is 6.08 Å². The van der Waals surface area contributed by atoms with Crippen LogP contribution in [-0.2, 0) is 4.79 Å². The first kappa shape index (κ1) is 19.1. The molecule has 1 saturated heterocycles. The van der Waals surface area contributed by atoms with Crippen molar-refractivity contribution in [2.45, 2.75) is 6.92 Å². The predicted molar refractivity (Wildman–Crippen MR) is 105 cm³/mol. The lowest BCUT2D eigenvalue weighted by atomic mass is 10.2. The van der Waals surface area contributed by atoms with Crippen molar-refractivity contribution in [3.8, 4) is 0 Å². The van der Waals surface area contributed by atoms with Gasteiger partial charge in [0.1, 0.15) is 5.82 Å². The van der Waals surface area contributed by atoms with Gasteiger partial charge in [0.25, 0.3) is 5.91 Å². The number of amides is 1. The smallest absolute Gasteiger partial charge is 0.335 e. The average molecular weight is 405 g/mol. The second-order valence-electron chi connectivity index (χ2n) is 5.55. The Morgan fingerprint density at radius 3 is 2.74 bits per heavy atom. The fraction of sp³-hybridized carbons (Fsp3) is 0.105. The van der Waals surface area contributed by atoms with Crippen LogP contribution in [0, 0.1) is 5.82 Å². The topological polar surface area (TPSA) is 70.0 Å². The fourth-order valence-electron chi connectivity index (χ4n) is 2.47. The molecule has 0 aliphatic carbocycles. The van der Waals surface area contributed by atoms with E-state index in [2.05, 4.69) is 4.99 Å². The molecule has 1 heterocycles. The van der Waals surface area contributed by atoms with Crippen LogP contribution in [0.4, 0.5) is 10.1 Å². The average Bonchev–Trinajstić information content (AvgIpc) is 2.93. The molecule has 1 aliphatic rings. The van der Waals surface area contributed by atoms with Gasteiger partial charge in [0, 0.05) is 12.1 Å². The molecule has 0 spiro atoms. The molecule has 1 N–H and O–H groups in total. The number of nitrogens with zero attached hydrogens (tertiary/aromatic N) is 2. The van der Waals surface area contributed by atoms with Crippen molar-refractivity contribution in [2.75, 3.05) is 6.54 Å². The Balaban J connectivity index is 1.99. The van der Waals surface area contributed by atoms with E-state index < -0.39 is 11.8 Å². The summed E-state index contributed by atoms with van der Waals surface area (Å²) in [4.78, 5) is 29.9. The monoisotopic (exact) mass is 404 g/mol. The Labute approximate surface area is 164 Å². The third kappa shape index (κ3) is 4.04. The van der Waals surface area contributed by atoms with Crippen LogP contribution < -0.4 is 0 Å². The summed E-state index contributed by atoms with van der Waals surface area (Å²) in [7, 11) is 0. The van der Waals surface area contributed by atoms with Crippen LogP contribution >= 0.6 is 23.4 Å². The molecule has 27 heavy (non-hydrogen) atoms. The molecule has 138 valence electrons. The number of benzene rings is 2. The number of hydrogen-bond donors (Lipinski definition) is 1. The Morgan fingerprint density at radius 2 is 2.07 bits per heavy atom. The molecular weight excluding hydrogens is 391 g/mol. The zero-order chi connectivity index (χ0) is 19.6. The maximum absolute atomic E-state index is 14.0. The number of halogens is 2. The second kappa shape index (κ2) is 7.94. The zero-order valence-electron chi connectivity index (χ0n) is 14.1. The molecule has 5 nitrogen and oxygen atoms in total. The van der Waals surface area contributed by atoms with Gasteiger partial charge < -0.3 is 5.11 Å². The van der Waals surface area contributed by atoms with Gasteiger partial charge in [0.15, 0.2) is 5.17 Å². The number of likely N-dealkylation sites (N-methyl/N-ethyl adjacent to an activating group) is 1. The lowest BCUT2D eigenvalue weighted by molar-refractivity contribution is -0.122. The lowest BCUT2D eigenvalue weighted by Gasteiger charge is -2.12. The number of carbonyl (C=O) groups excluding carboxylic acids is 1.